The second kappa shape index (κ2) is 7.50. The standard InChI is InChI=1S/C14H21BrN2O2/c1-10-7-12(15)8-11(9-16-2)14(10)19-6-5-13(18)17(3)4/h7-8,16H,5-6,9H2,1-4H3. The van der Waals surface area contributed by atoms with Crippen molar-refractivity contribution in [2.24, 2.45) is 0 Å². The number of halogens is 1. The van der Waals surface area contributed by atoms with Crippen molar-refractivity contribution in [1.29, 1.82) is 0 Å². The number of nitrogens with one attached hydrogen (secondary N) is 1. The smallest absolute Gasteiger partial charge is 0.225 e. The molecule has 0 aliphatic rings. The molecule has 0 aliphatic carbocycles. The molecule has 1 rings (SSSR count). The number of benzene rings is 1. The summed E-state index contributed by atoms with van der Waals surface area (Å²) in [6.45, 7) is 3.14. The van der Waals surface area contributed by atoms with Gasteiger partial charge in [-0.2, -0.15) is 0 Å². The van der Waals surface area contributed by atoms with Crippen LogP contribution in [-0.4, -0.2) is 38.6 Å². The van der Waals surface area contributed by atoms with Gasteiger partial charge in [0.1, 0.15) is 5.75 Å². The summed E-state index contributed by atoms with van der Waals surface area (Å²) in [4.78, 5) is 13.1. The maximum Gasteiger partial charge on any atom is 0.225 e. The third-order valence-electron chi connectivity index (χ3n) is 2.74. The molecule has 19 heavy (non-hydrogen) atoms. The monoisotopic (exact) mass is 328 g/mol. The summed E-state index contributed by atoms with van der Waals surface area (Å²) >= 11 is 3.48. The van der Waals surface area contributed by atoms with Crippen LogP contribution in [0.4, 0.5) is 0 Å². The van der Waals surface area contributed by atoms with Gasteiger partial charge in [0.25, 0.3) is 0 Å². The van der Waals surface area contributed by atoms with Crippen LogP contribution in [0, 0.1) is 6.92 Å². The van der Waals surface area contributed by atoms with Crippen LogP contribution in [0.1, 0.15) is 17.5 Å². The van der Waals surface area contributed by atoms with Crippen LogP contribution in [0.15, 0.2) is 16.6 Å². The number of hydrogen-bond donors (Lipinski definition) is 1. The van der Waals surface area contributed by atoms with Gasteiger partial charge in [-0.05, 0) is 31.7 Å². The molecule has 1 aromatic rings. The quantitative estimate of drug-likeness (QED) is 0.871. The Balaban J connectivity index is 2.74. The van der Waals surface area contributed by atoms with E-state index in [-0.39, 0.29) is 5.91 Å². The van der Waals surface area contributed by atoms with E-state index >= 15 is 0 Å². The normalized spacial score (nSPS) is 10.4. The van der Waals surface area contributed by atoms with Gasteiger partial charge in [-0.3, -0.25) is 4.79 Å². The maximum absolute atomic E-state index is 11.5. The second-order valence-corrected chi connectivity index (χ2v) is 5.54. The summed E-state index contributed by atoms with van der Waals surface area (Å²) in [5.74, 6) is 0.939. The van der Waals surface area contributed by atoms with Crippen molar-refractivity contribution in [2.75, 3.05) is 27.7 Å². The van der Waals surface area contributed by atoms with E-state index in [4.69, 9.17) is 4.74 Å². The summed E-state index contributed by atoms with van der Waals surface area (Å²) in [6.07, 6.45) is 0.390. The van der Waals surface area contributed by atoms with Crippen molar-refractivity contribution in [1.82, 2.24) is 10.2 Å². The molecule has 0 fully saturated rings. The molecule has 1 amide bonds. The first kappa shape index (κ1) is 16.0. The van der Waals surface area contributed by atoms with Gasteiger partial charge >= 0.3 is 0 Å². The molecule has 106 valence electrons. The lowest BCUT2D eigenvalue weighted by molar-refractivity contribution is -0.129. The minimum absolute atomic E-state index is 0.0740. The molecule has 0 spiro atoms. The van der Waals surface area contributed by atoms with Crippen molar-refractivity contribution >= 4 is 21.8 Å². The van der Waals surface area contributed by atoms with Gasteiger partial charge in [0.15, 0.2) is 0 Å². The minimum atomic E-state index is 0.0740. The fraction of sp³-hybridized carbons (Fsp3) is 0.500. The zero-order valence-corrected chi connectivity index (χ0v) is 13.5. The number of amides is 1. The third kappa shape index (κ3) is 4.84. The Hall–Kier alpha value is -1.07. The number of carbonyl (C=O) groups is 1. The minimum Gasteiger partial charge on any atom is -0.492 e. The molecule has 1 N–H and O–H groups in total. The number of rotatable bonds is 6. The lowest BCUT2D eigenvalue weighted by Gasteiger charge is -2.16. The van der Waals surface area contributed by atoms with Gasteiger partial charge in [-0.15, -0.1) is 0 Å². The number of hydrogen-bond acceptors (Lipinski definition) is 3. The predicted octanol–water partition coefficient (Wildman–Crippen LogP) is 2.33. The van der Waals surface area contributed by atoms with Crippen molar-refractivity contribution < 1.29 is 9.53 Å². The predicted molar refractivity (Wildman–Crippen MR) is 80.4 cm³/mol. The molecule has 4 nitrogen and oxygen atoms in total. The van der Waals surface area contributed by atoms with Crippen LogP contribution in [0.2, 0.25) is 0 Å². The Morgan fingerprint density at radius 2 is 2.11 bits per heavy atom. The molecule has 5 heteroatoms. The largest absolute Gasteiger partial charge is 0.492 e. The maximum atomic E-state index is 11.5. The average molecular weight is 329 g/mol. The lowest BCUT2D eigenvalue weighted by atomic mass is 10.1. The molecular weight excluding hydrogens is 308 g/mol. The van der Waals surface area contributed by atoms with Crippen LogP contribution in [0.5, 0.6) is 5.75 Å². The molecular formula is C14H21BrN2O2. The fourth-order valence-corrected chi connectivity index (χ4v) is 2.41. The molecule has 0 saturated heterocycles. The van der Waals surface area contributed by atoms with Crippen LogP contribution >= 0.6 is 15.9 Å². The second-order valence-electron chi connectivity index (χ2n) is 4.63. The van der Waals surface area contributed by atoms with Gasteiger partial charge < -0.3 is 15.0 Å². The highest BCUT2D eigenvalue weighted by Crippen LogP contribution is 2.28. The van der Waals surface area contributed by atoms with E-state index in [0.717, 1.165) is 27.9 Å². The van der Waals surface area contributed by atoms with Crippen molar-refractivity contribution in [3.8, 4) is 5.75 Å². The first-order valence-corrected chi connectivity index (χ1v) is 7.01. The topological polar surface area (TPSA) is 41.6 Å². The highest BCUT2D eigenvalue weighted by atomic mass is 79.9. The van der Waals surface area contributed by atoms with Crippen LogP contribution in [-0.2, 0) is 11.3 Å². The Bertz CT molecular complexity index is 447. The third-order valence-corrected chi connectivity index (χ3v) is 3.20. The lowest BCUT2D eigenvalue weighted by Crippen LogP contribution is -2.23. The van der Waals surface area contributed by atoms with Gasteiger partial charge in [0.05, 0.1) is 13.0 Å². The summed E-state index contributed by atoms with van der Waals surface area (Å²) in [5, 5.41) is 3.12. The number of aryl methyl sites for hydroxylation is 1. The van der Waals surface area contributed by atoms with Gasteiger partial charge in [-0.1, -0.05) is 15.9 Å². The van der Waals surface area contributed by atoms with Crippen LogP contribution in [0.25, 0.3) is 0 Å². The highest BCUT2D eigenvalue weighted by Gasteiger charge is 2.10. The molecule has 1 aromatic carbocycles. The van der Waals surface area contributed by atoms with E-state index in [2.05, 4.69) is 21.2 Å². The average Bonchev–Trinajstić information content (AvgIpc) is 2.32. The number of carbonyl (C=O) groups excluding carboxylic acids is 1. The Morgan fingerprint density at radius 1 is 1.42 bits per heavy atom. The van der Waals surface area contributed by atoms with E-state index < -0.39 is 0 Å². The van der Waals surface area contributed by atoms with Crippen LogP contribution in [0.3, 0.4) is 0 Å². The molecule has 0 unspecified atom stereocenters. The molecule has 0 atom stereocenters. The molecule has 0 aromatic heterocycles. The first-order chi connectivity index (χ1) is 8.95. The highest BCUT2D eigenvalue weighted by molar-refractivity contribution is 9.10. The van der Waals surface area contributed by atoms with E-state index in [1.165, 1.54) is 0 Å². The van der Waals surface area contributed by atoms with E-state index in [0.29, 0.717) is 13.0 Å². The SMILES string of the molecule is CNCc1cc(Br)cc(C)c1OCCC(=O)N(C)C. The Kier molecular flexibility index (Phi) is 6.31. The fourth-order valence-electron chi connectivity index (χ4n) is 1.79. The van der Waals surface area contributed by atoms with Gasteiger partial charge in [0.2, 0.25) is 5.91 Å². The first-order valence-electron chi connectivity index (χ1n) is 6.22. The summed E-state index contributed by atoms with van der Waals surface area (Å²) in [7, 11) is 5.40. The zero-order valence-electron chi connectivity index (χ0n) is 11.9. The molecule has 0 heterocycles. The Labute approximate surface area is 123 Å². The van der Waals surface area contributed by atoms with Crippen molar-refractivity contribution in [3.05, 3.63) is 27.7 Å². The van der Waals surface area contributed by atoms with Crippen molar-refractivity contribution in [2.45, 2.75) is 19.9 Å². The number of nitrogens with zero attached hydrogens (tertiary/aromatic N) is 1. The summed E-state index contributed by atoms with van der Waals surface area (Å²) in [5.41, 5.74) is 2.16. The molecule has 0 bridgehead atoms. The van der Waals surface area contributed by atoms with Gasteiger partial charge in [0, 0.05) is 30.7 Å². The van der Waals surface area contributed by atoms with E-state index in [1.54, 1.807) is 19.0 Å². The zero-order chi connectivity index (χ0) is 14.4. The van der Waals surface area contributed by atoms with Gasteiger partial charge in [-0.25, -0.2) is 0 Å². The van der Waals surface area contributed by atoms with E-state index in [1.807, 2.05) is 26.1 Å². The summed E-state index contributed by atoms with van der Waals surface area (Å²) in [6, 6.07) is 4.05. The molecule has 0 saturated carbocycles. The number of ether oxygens (including phenoxy) is 1. The van der Waals surface area contributed by atoms with E-state index in [9.17, 15) is 4.79 Å². The Morgan fingerprint density at radius 3 is 2.68 bits per heavy atom. The molecule has 0 aliphatic heterocycles. The summed E-state index contributed by atoms with van der Waals surface area (Å²) < 4.78 is 6.82. The molecule has 0 radical (unpaired) electrons. The van der Waals surface area contributed by atoms with Crippen molar-refractivity contribution in [3.63, 3.8) is 0 Å². The van der Waals surface area contributed by atoms with Crippen LogP contribution < -0.4 is 10.1 Å².